The van der Waals surface area contributed by atoms with Crippen LogP contribution in [0.4, 0.5) is 0 Å². The molecule has 0 saturated carbocycles. The van der Waals surface area contributed by atoms with Gasteiger partial charge in [-0.05, 0) is 35.4 Å². The fraction of sp³-hybridized carbons (Fsp3) is 0.250. The maximum Gasteiger partial charge on any atom is 0.133 e. The van der Waals surface area contributed by atoms with E-state index < -0.39 is 6.10 Å². The highest BCUT2D eigenvalue weighted by Crippen LogP contribution is 2.36. The van der Waals surface area contributed by atoms with Gasteiger partial charge in [0, 0.05) is 6.42 Å². The van der Waals surface area contributed by atoms with Crippen molar-refractivity contribution >= 4 is 0 Å². The number of ether oxygens (including phenoxy) is 2. The number of hydrogen-bond acceptors (Lipinski definition) is 3. The van der Waals surface area contributed by atoms with Gasteiger partial charge >= 0.3 is 0 Å². The molecule has 3 heteroatoms. The zero-order chi connectivity index (χ0) is 13.2. The van der Waals surface area contributed by atoms with Gasteiger partial charge in [-0.1, -0.05) is 24.3 Å². The Balaban J connectivity index is 1.81. The summed E-state index contributed by atoms with van der Waals surface area (Å²) in [5.74, 6) is 1.55. The van der Waals surface area contributed by atoms with Gasteiger partial charge < -0.3 is 14.6 Å². The van der Waals surface area contributed by atoms with E-state index in [4.69, 9.17) is 9.47 Å². The van der Waals surface area contributed by atoms with Crippen LogP contribution in [0, 0.1) is 0 Å². The zero-order valence-electron chi connectivity index (χ0n) is 10.7. The van der Waals surface area contributed by atoms with Crippen molar-refractivity contribution < 1.29 is 14.6 Å². The molecule has 0 saturated heterocycles. The number of aliphatic hydroxyl groups is 1. The number of aliphatic hydroxyl groups excluding tert-OH is 1. The maximum atomic E-state index is 10.3. The molecule has 2 aromatic rings. The second kappa shape index (κ2) is 4.94. The van der Waals surface area contributed by atoms with Crippen molar-refractivity contribution in [1.29, 1.82) is 0 Å². The summed E-state index contributed by atoms with van der Waals surface area (Å²) in [6, 6.07) is 15.4. The van der Waals surface area contributed by atoms with Crippen LogP contribution in [-0.2, 0) is 6.42 Å². The first-order chi connectivity index (χ1) is 9.28. The van der Waals surface area contributed by atoms with Gasteiger partial charge in [0.15, 0.2) is 0 Å². The monoisotopic (exact) mass is 256 g/mol. The van der Waals surface area contributed by atoms with Gasteiger partial charge in [-0.3, -0.25) is 0 Å². The van der Waals surface area contributed by atoms with E-state index in [-0.39, 0.29) is 6.10 Å². The van der Waals surface area contributed by atoms with Crippen LogP contribution in [0.1, 0.15) is 17.2 Å². The molecule has 2 atom stereocenters. The van der Waals surface area contributed by atoms with Crippen LogP contribution >= 0.6 is 0 Å². The molecule has 0 heterocycles. The van der Waals surface area contributed by atoms with E-state index in [1.807, 2.05) is 48.5 Å². The average Bonchev–Trinajstić information content (AvgIpc) is 2.76. The van der Waals surface area contributed by atoms with E-state index in [1.165, 1.54) is 0 Å². The van der Waals surface area contributed by atoms with Crippen molar-refractivity contribution in [3.63, 3.8) is 0 Å². The van der Waals surface area contributed by atoms with E-state index in [9.17, 15) is 5.11 Å². The third-order valence-corrected chi connectivity index (χ3v) is 3.48. The highest BCUT2D eigenvalue weighted by Gasteiger charge is 2.32. The van der Waals surface area contributed by atoms with E-state index in [2.05, 4.69) is 0 Å². The first-order valence-electron chi connectivity index (χ1n) is 6.34. The van der Waals surface area contributed by atoms with E-state index in [0.717, 1.165) is 29.0 Å². The van der Waals surface area contributed by atoms with Crippen molar-refractivity contribution in [2.45, 2.75) is 18.6 Å². The minimum Gasteiger partial charge on any atom is -0.497 e. The Morgan fingerprint density at radius 2 is 1.84 bits per heavy atom. The van der Waals surface area contributed by atoms with Gasteiger partial charge in [-0.25, -0.2) is 0 Å². The third-order valence-electron chi connectivity index (χ3n) is 3.48. The molecule has 1 aliphatic rings. The smallest absolute Gasteiger partial charge is 0.133 e. The fourth-order valence-corrected chi connectivity index (χ4v) is 2.47. The van der Waals surface area contributed by atoms with Gasteiger partial charge in [0.1, 0.15) is 23.7 Å². The van der Waals surface area contributed by atoms with Crippen LogP contribution in [0.2, 0.25) is 0 Å². The predicted molar refractivity (Wildman–Crippen MR) is 72.5 cm³/mol. The largest absolute Gasteiger partial charge is 0.497 e. The number of methoxy groups -OCH3 is 1. The lowest BCUT2D eigenvalue weighted by Crippen LogP contribution is -2.21. The Morgan fingerprint density at radius 1 is 1.05 bits per heavy atom. The molecule has 2 unspecified atom stereocenters. The summed E-state index contributed by atoms with van der Waals surface area (Å²) in [5.41, 5.74) is 2.02. The van der Waals surface area contributed by atoms with Crippen molar-refractivity contribution in [1.82, 2.24) is 0 Å². The molecule has 19 heavy (non-hydrogen) atoms. The lowest BCUT2D eigenvalue weighted by atomic mass is 10.1. The quantitative estimate of drug-likeness (QED) is 0.917. The maximum absolute atomic E-state index is 10.3. The van der Waals surface area contributed by atoms with Crippen molar-refractivity contribution in [2.75, 3.05) is 7.11 Å². The van der Waals surface area contributed by atoms with Crippen LogP contribution in [0.25, 0.3) is 0 Å². The van der Waals surface area contributed by atoms with Gasteiger partial charge in [-0.2, -0.15) is 0 Å². The molecule has 3 rings (SSSR count). The molecule has 0 spiro atoms. The van der Waals surface area contributed by atoms with E-state index in [0.29, 0.717) is 0 Å². The summed E-state index contributed by atoms with van der Waals surface area (Å²) in [6.45, 7) is 0. The minimum atomic E-state index is -0.606. The molecule has 98 valence electrons. The minimum absolute atomic E-state index is 0.232. The van der Waals surface area contributed by atoms with Gasteiger partial charge in [0.25, 0.3) is 0 Å². The van der Waals surface area contributed by atoms with Gasteiger partial charge in [-0.15, -0.1) is 0 Å². The summed E-state index contributed by atoms with van der Waals surface area (Å²) in [5, 5.41) is 10.3. The number of fused-ring (bicyclic) bond motifs is 1. The molecule has 2 aromatic carbocycles. The Labute approximate surface area is 112 Å². The molecule has 1 N–H and O–H groups in total. The fourth-order valence-electron chi connectivity index (χ4n) is 2.47. The highest BCUT2D eigenvalue weighted by molar-refractivity contribution is 5.41. The lowest BCUT2D eigenvalue weighted by Gasteiger charge is -2.17. The molecule has 0 bridgehead atoms. The summed E-state index contributed by atoms with van der Waals surface area (Å²) in [7, 11) is 1.63. The van der Waals surface area contributed by atoms with Gasteiger partial charge in [0.05, 0.1) is 7.11 Å². The molecule has 0 fully saturated rings. The second-order valence-corrected chi connectivity index (χ2v) is 4.68. The molecular weight excluding hydrogens is 240 g/mol. The van der Waals surface area contributed by atoms with Crippen LogP contribution in [0.5, 0.6) is 11.5 Å². The zero-order valence-corrected chi connectivity index (χ0v) is 10.7. The number of rotatable bonds is 3. The number of hydrogen-bond donors (Lipinski definition) is 1. The van der Waals surface area contributed by atoms with Crippen molar-refractivity contribution in [3.8, 4) is 11.5 Å². The topological polar surface area (TPSA) is 38.7 Å². The Hall–Kier alpha value is -2.00. The summed E-state index contributed by atoms with van der Waals surface area (Å²) < 4.78 is 11.0. The molecule has 0 aliphatic heterocycles. The SMILES string of the molecule is COc1ccc2c(c1)C(O)C(Oc1ccccc1)C2. The summed E-state index contributed by atoms with van der Waals surface area (Å²) in [4.78, 5) is 0. The van der Waals surface area contributed by atoms with E-state index in [1.54, 1.807) is 7.11 Å². The predicted octanol–water partition coefficient (Wildman–Crippen LogP) is 2.73. The van der Waals surface area contributed by atoms with Crippen molar-refractivity contribution in [3.05, 3.63) is 59.7 Å². The second-order valence-electron chi connectivity index (χ2n) is 4.68. The molecule has 3 nitrogen and oxygen atoms in total. The van der Waals surface area contributed by atoms with Crippen molar-refractivity contribution in [2.24, 2.45) is 0 Å². The first kappa shape index (κ1) is 12.1. The normalized spacial score (nSPS) is 20.9. The summed E-state index contributed by atoms with van der Waals surface area (Å²) >= 11 is 0. The molecular formula is C16H16O3. The average molecular weight is 256 g/mol. The molecule has 1 aliphatic carbocycles. The van der Waals surface area contributed by atoms with Crippen LogP contribution in [0.15, 0.2) is 48.5 Å². The standard InChI is InChI=1S/C16H16O3/c1-18-13-8-7-11-9-15(16(17)14(11)10-13)19-12-5-3-2-4-6-12/h2-8,10,15-17H,9H2,1H3. The lowest BCUT2D eigenvalue weighted by molar-refractivity contribution is 0.0493. The van der Waals surface area contributed by atoms with Crippen LogP contribution < -0.4 is 9.47 Å². The Kier molecular flexibility index (Phi) is 3.13. The Bertz CT molecular complexity index is 565. The molecule has 0 aromatic heterocycles. The number of para-hydroxylation sites is 1. The number of benzene rings is 2. The highest BCUT2D eigenvalue weighted by atomic mass is 16.5. The van der Waals surface area contributed by atoms with Gasteiger partial charge in [0.2, 0.25) is 0 Å². The third kappa shape index (κ3) is 2.29. The Morgan fingerprint density at radius 3 is 2.58 bits per heavy atom. The molecule has 0 amide bonds. The molecule has 0 radical (unpaired) electrons. The summed E-state index contributed by atoms with van der Waals surface area (Å²) in [6.07, 6.45) is -0.120. The van der Waals surface area contributed by atoms with Crippen LogP contribution in [0.3, 0.4) is 0 Å². The van der Waals surface area contributed by atoms with E-state index >= 15 is 0 Å². The first-order valence-corrected chi connectivity index (χ1v) is 6.34. The van der Waals surface area contributed by atoms with Crippen LogP contribution in [-0.4, -0.2) is 18.3 Å².